The molecule has 1 aliphatic rings. The lowest BCUT2D eigenvalue weighted by Crippen LogP contribution is -2.20. The van der Waals surface area contributed by atoms with Crippen LogP contribution in [0.25, 0.3) is 10.9 Å². The molecule has 6 heteroatoms. The molecule has 1 aromatic heterocycles. The predicted molar refractivity (Wildman–Crippen MR) is 102 cm³/mol. The Hall–Kier alpha value is -2.50. The van der Waals surface area contributed by atoms with Crippen LogP contribution in [0.15, 0.2) is 67.0 Å². The number of hydrogen-bond acceptors (Lipinski definition) is 3. The number of carbonyl (C=O) groups is 2. The Balaban J connectivity index is 1.81. The lowest BCUT2D eigenvalue weighted by Gasteiger charge is -2.13. The molecule has 124 valence electrons. The second-order valence-corrected chi connectivity index (χ2v) is 7.08. The molecule has 0 atom stereocenters. The summed E-state index contributed by atoms with van der Waals surface area (Å²) in [6.45, 7) is 4.40. The first-order chi connectivity index (χ1) is 12.0. The number of anilines is 1. The van der Waals surface area contributed by atoms with E-state index in [2.05, 4.69) is 11.1 Å². The molecule has 1 saturated heterocycles. The van der Waals surface area contributed by atoms with Gasteiger partial charge < -0.3 is 4.57 Å². The summed E-state index contributed by atoms with van der Waals surface area (Å²) < 4.78 is 2.06. The van der Waals surface area contributed by atoms with Crippen LogP contribution in [0.5, 0.6) is 0 Å². The first-order valence-corrected chi connectivity index (χ1v) is 8.81. The first kappa shape index (κ1) is 16.0. The van der Waals surface area contributed by atoms with Gasteiger partial charge in [-0.1, -0.05) is 48.5 Å². The molecule has 3 aromatic rings. The van der Waals surface area contributed by atoms with Gasteiger partial charge in [0.1, 0.15) is 0 Å². The van der Waals surface area contributed by atoms with Gasteiger partial charge in [-0.15, -0.1) is 0 Å². The number of thioether (sulfide) groups is 1. The molecule has 0 unspecified atom stereocenters. The number of amides is 1. The van der Waals surface area contributed by atoms with Crippen molar-refractivity contribution in [3.8, 4) is 0 Å². The Kier molecular flexibility index (Phi) is 3.90. The van der Waals surface area contributed by atoms with Crippen molar-refractivity contribution in [3.63, 3.8) is 0 Å². The van der Waals surface area contributed by atoms with E-state index >= 15 is 0 Å². The zero-order valence-corrected chi connectivity index (χ0v) is 14.7. The summed E-state index contributed by atoms with van der Waals surface area (Å²) in [6, 6.07) is 15.4. The van der Waals surface area contributed by atoms with Gasteiger partial charge in [-0.05, 0) is 23.8 Å². The standard InChI is InChI=1S/C19H13ClN2O2S/c1-12-18(23)25-19(24)22(12)17-11-21(16-5-3-2-4-15(16)17)10-13-6-8-14(20)9-7-13/h2-9,11H,1,10H2. The van der Waals surface area contributed by atoms with E-state index in [9.17, 15) is 9.59 Å². The smallest absolute Gasteiger partial charge is 0.298 e. The maximum absolute atomic E-state index is 12.2. The highest BCUT2D eigenvalue weighted by Crippen LogP contribution is 2.38. The fourth-order valence-corrected chi connectivity index (χ4v) is 3.75. The van der Waals surface area contributed by atoms with Gasteiger partial charge in [0.25, 0.3) is 5.24 Å². The summed E-state index contributed by atoms with van der Waals surface area (Å²) in [4.78, 5) is 25.4. The van der Waals surface area contributed by atoms with Crippen LogP contribution >= 0.6 is 23.4 Å². The van der Waals surface area contributed by atoms with Gasteiger partial charge in [0.05, 0.1) is 16.9 Å². The highest BCUT2D eigenvalue weighted by Gasteiger charge is 2.36. The summed E-state index contributed by atoms with van der Waals surface area (Å²) in [5.74, 6) is 0. The fourth-order valence-electron chi connectivity index (χ4n) is 2.95. The number of halogens is 1. The molecule has 0 saturated carbocycles. The fraction of sp³-hybridized carbons (Fsp3) is 0.0526. The van der Waals surface area contributed by atoms with Crippen LogP contribution in [0, 0.1) is 0 Å². The molecule has 25 heavy (non-hydrogen) atoms. The van der Waals surface area contributed by atoms with E-state index in [1.54, 1.807) is 0 Å². The third-order valence-electron chi connectivity index (χ3n) is 4.14. The molecular formula is C19H13ClN2O2S. The third-order valence-corrected chi connectivity index (χ3v) is 5.17. The molecule has 2 aromatic carbocycles. The van der Waals surface area contributed by atoms with Gasteiger partial charge in [0.2, 0.25) is 5.12 Å². The van der Waals surface area contributed by atoms with E-state index in [1.807, 2.05) is 54.7 Å². The number of para-hydroxylation sites is 1. The molecule has 0 radical (unpaired) electrons. The maximum Gasteiger partial charge on any atom is 0.298 e. The molecule has 0 spiro atoms. The SMILES string of the molecule is C=C1C(=O)SC(=O)N1c1cn(Cc2ccc(Cl)cc2)c2ccccc12. The van der Waals surface area contributed by atoms with E-state index in [1.165, 1.54) is 4.90 Å². The average Bonchev–Trinajstić information content (AvgIpc) is 3.07. The highest BCUT2D eigenvalue weighted by atomic mass is 35.5. The van der Waals surface area contributed by atoms with E-state index in [0.29, 0.717) is 29.0 Å². The van der Waals surface area contributed by atoms with Crippen LogP contribution in [0.4, 0.5) is 10.5 Å². The lowest BCUT2D eigenvalue weighted by atomic mass is 10.2. The predicted octanol–water partition coefficient (Wildman–Crippen LogP) is 5.06. The van der Waals surface area contributed by atoms with E-state index in [-0.39, 0.29) is 16.1 Å². The summed E-state index contributed by atoms with van der Waals surface area (Å²) in [7, 11) is 0. The number of nitrogens with zero attached hydrogens (tertiary/aromatic N) is 2. The normalized spacial score (nSPS) is 14.8. The molecule has 2 heterocycles. The van der Waals surface area contributed by atoms with Crippen molar-refractivity contribution in [1.29, 1.82) is 0 Å². The molecule has 0 N–H and O–H groups in total. The second kappa shape index (κ2) is 6.10. The first-order valence-electron chi connectivity index (χ1n) is 7.62. The third kappa shape index (κ3) is 2.75. The summed E-state index contributed by atoms with van der Waals surface area (Å²) in [5.41, 5.74) is 2.95. The largest absolute Gasteiger partial charge is 0.341 e. The van der Waals surface area contributed by atoms with Crippen molar-refractivity contribution in [2.45, 2.75) is 6.54 Å². The number of fused-ring (bicyclic) bond motifs is 1. The molecule has 1 amide bonds. The van der Waals surface area contributed by atoms with Gasteiger partial charge in [-0.3, -0.25) is 14.5 Å². The van der Waals surface area contributed by atoms with Crippen molar-refractivity contribution in [1.82, 2.24) is 4.57 Å². The van der Waals surface area contributed by atoms with Crippen molar-refractivity contribution in [2.75, 3.05) is 4.90 Å². The number of benzene rings is 2. The van der Waals surface area contributed by atoms with Crippen LogP contribution in [-0.4, -0.2) is 14.9 Å². The van der Waals surface area contributed by atoms with Crippen molar-refractivity contribution >= 4 is 50.3 Å². The zero-order chi connectivity index (χ0) is 17.6. The average molecular weight is 369 g/mol. The maximum atomic E-state index is 12.2. The monoisotopic (exact) mass is 368 g/mol. The Labute approximate surface area is 153 Å². The van der Waals surface area contributed by atoms with Crippen molar-refractivity contribution in [2.24, 2.45) is 0 Å². The molecular weight excluding hydrogens is 356 g/mol. The second-order valence-electron chi connectivity index (χ2n) is 5.72. The van der Waals surface area contributed by atoms with E-state index in [0.717, 1.165) is 16.5 Å². The van der Waals surface area contributed by atoms with Gasteiger partial charge >= 0.3 is 0 Å². The van der Waals surface area contributed by atoms with Crippen LogP contribution in [0.1, 0.15) is 5.56 Å². The van der Waals surface area contributed by atoms with Crippen LogP contribution in [-0.2, 0) is 11.3 Å². The molecule has 4 rings (SSSR count). The molecule has 1 fully saturated rings. The van der Waals surface area contributed by atoms with E-state index < -0.39 is 0 Å². The molecule has 0 bridgehead atoms. The number of carbonyl (C=O) groups excluding carboxylic acids is 2. The Bertz CT molecular complexity index is 1020. The van der Waals surface area contributed by atoms with Crippen LogP contribution in [0.2, 0.25) is 5.02 Å². The Morgan fingerprint density at radius 1 is 1.04 bits per heavy atom. The van der Waals surface area contributed by atoms with Gasteiger partial charge in [0, 0.05) is 34.9 Å². The van der Waals surface area contributed by atoms with Crippen LogP contribution < -0.4 is 4.90 Å². The quantitative estimate of drug-likeness (QED) is 0.607. The number of rotatable bonds is 3. The minimum absolute atomic E-state index is 0.199. The molecule has 1 aliphatic heterocycles. The Morgan fingerprint density at radius 2 is 1.76 bits per heavy atom. The Morgan fingerprint density at radius 3 is 2.44 bits per heavy atom. The van der Waals surface area contributed by atoms with Crippen molar-refractivity contribution < 1.29 is 9.59 Å². The topological polar surface area (TPSA) is 42.3 Å². The van der Waals surface area contributed by atoms with Crippen LogP contribution in [0.3, 0.4) is 0 Å². The molecule has 0 aliphatic carbocycles. The molecule has 4 nitrogen and oxygen atoms in total. The van der Waals surface area contributed by atoms with Crippen molar-refractivity contribution in [3.05, 3.63) is 77.6 Å². The van der Waals surface area contributed by atoms with Gasteiger partial charge in [-0.25, -0.2) is 0 Å². The minimum atomic E-state index is -0.315. The highest BCUT2D eigenvalue weighted by molar-refractivity contribution is 8.27. The summed E-state index contributed by atoms with van der Waals surface area (Å²) in [6.07, 6.45) is 1.89. The van der Waals surface area contributed by atoms with E-state index in [4.69, 9.17) is 11.6 Å². The zero-order valence-electron chi connectivity index (χ0n) is 13.1. The number of hydrogen-bond donors (Lipinski definition) is 0. The van der Waals surface area contributed by atoms with Gasteiger partial charge in [0.15, 0.2) is 0 Å². The number of aromatic nitrogens is 1. The summed E-state index contributed by atoms with van der Waals surface area (Å²) in [5, 5.41) is 0.974. The summed E-state index contributed by atoms with van der Waals surface area (Å²) >= 11 is 6.63. The minimum Gasteiger partial charge on any atom is -0.341 e. The lowest BCUT2D eigenvalue weighted by molar-refractivity contribution is -0.107. The van der Waals surface area contributed by atoms with Gasteiger partial charge in [-0.2, -0.15) is 0 Å².